The summed E-state index contributed by atoms with van der Waals surface area (Å²) in [5.41, 5.74) is 3.23. The van der Waals surface area contributed by atoms with E-state index in [0.717, 1.165) is 16.7 Å². The summed E-state index contributed by atoms with van der Waals surface area (Å²) in [6, 6.07) is 16.7. The van der Waals surface area contributed by atoms with E-state index in [4.69, 9.17) is 11.6 Å². The van der Waals surface area contributed by atoms with Crippen molar-refractivity contribution in [1.29, 1.82) is 0 Å². The molecule has 1 heterocycles. The lowest BCUT2D eigenvalue weighted by molar-refractivity contribution is 1.13. The van der Waals surface area contributed by atoms with E-state index in [1.54, 1.807) is 6.07 Å². The van der Waals surface area contributed by atoms with Crippen molar-refractivity contribution in [2.45, 2.75) is 6.92 Å². The summed E-state index contributed by atoms with van der Waals surface area (Å²) in [5.74, 6) is 0.551. The van der Waals surface area contributed by atoms with E-state index in [0.29, 0.717) is 16.5 Å². The molecular formula is C17H13ClN2O. The van der Waals surface area contributed by atoms with Gasteiger partial charge in [-0.25, -0.2) is 4.98 Å². The fourth-order valence-electron chi connectivity index (χ4n) is 2.23. The normalized spacial score (nSPS) is 10.6. The zero-order valence-electron chi connectivity index (χ0n) is 11.4. The van der Waals surface area contributed by atoms with E-state index in [-0.39, 0.29) is 5.56 Å². The molecule has 104 valence electrons. The van der Waals surface area contributed by atoms with E-state index >= 15 is 0 Å². The molecule has 3 rings (SSSR count). The summed E-state index contributed by atoms with van der Waals surface area (Å²) in [6.07, 6.45) is 0. The molecule has 0 saturated carbocycles. The molecule has 1 N–H and O–H groups in total. The highest BCUT2D eigenvalue weighted by Gasteiger charge is 2.08. The van der Waals surface area contributed by atoms with Crippen LogP contribution in [0, 0.1) is 6.92 Å². The lowest BCUT2D eigenvalue weighted by atomic mass is 10.1. The average Bonchev–Trinajstić information content (AvgIpc) is 2.47. The van der Waals surface area contributed by atoms with Gasteiger partial charge in [-0.15, -0.1) is 0 Å². The molecule has 4 heteroatoms. The van der Waals surface area contributed by atoms with Crippen LogP contribution in [0.5, 0.6) is 0 Å². The highest BCUT2D eigenvalue weighted by molar-refractivity contribution is 6.30. The number of rotatable bonds is 2. The van der Waals surface area contributed by atoms with Gasteiger partial charge in [0.1, 0.15) is 5.82 Å². The van der Waals surface area contributed by atoms with Gasteiger partial charge in [0.25, 0.3) is 5.56 Å². The Bertz CT molecular complexity index is 841. The molecule has 21 heavy (non-hydrogen) atoms. The van der Waals surface area contributed by atoms with Gasteiger partial charge < -0.3 is 4.98 Å². The van der Waals surface area contributed by atoms with Crippen molar-refractivity contribution in [2.75, 3.05) is 0 Å². The maximum atomic E-state index is 11.9. The lowest BCUT2D eigenvalue weighted by Gasteiger charge is -2.07. The largest absolute Gasteiger partial charge is 0.306 e. The minimum Gasteiger partial charge on any atom is -0.306 e. The molecule has 0 amide bonds. The van der Waals surface area contributed by atoms with Gasteiger partial charge in [-0.3, -0.25) is 4.79 Å². The summed E-state index contributed by atoms with van der Waals surface area (Å²) in [7, 11) is 0. The third-order valence-corrected chi connectivity index (χ3v) is 3.49. The number of hydrogen-bond acceptors (Lipinski definition) is 2. The van der Waals surface area contributed by atoms with Crippen molar-refractivity contribution in [1.82, 2.24) is 9.97 Å². The molecule has 0 fully saturated rings. The zero-order chi connectivity index (χ0) is 14.8. The minimum atomic E-state index is -0.173. The Morgan fingerprint density at radius 2 is 1.81 bits per heavy atom. The van der Waals surface area contributed by atoms with Crippen LogP contribution in [0.25, 0.3) is 22.6 Å². The van der Waals surface area contributed by atoms with Gasteiger partial charge in [0.2, 0.25) is 0 Å². The number of aromatic amines is 1. The van der Waals surface area contributed by atoms with Crippen molar-refractivity contribution in [2.24, 2.45) is 0 Å². The van der Waals surface area contributed by atoms with Gasteiger partial charge in [-0.2, -0.15) is 0 Å². The van der Waals surface area contributed by atoms with Gasteiger partial charge in [-0.05, 0) is 30.7 Å². The van der Waals surface area contributed by atoms with Crippen LogP contribution in [0.4, 0.5) is 0 Å². The van der Waals surface area contributed by atoms with Crippen LogP contribution in [-0.2, 0) is 0 Å². The lowest BCUT2D eigenvalue weighted by Crippen LogP contribution is -2.09. The molecule has 0 aliphatic heterocycles. The standard InChI is InChI=1S/C17H13ClN2O/c1-11-9-13(18)7-8-14(11)17-19-15(10-16(21)20-17)12-5-3-2-4-6-12/h2-10H,1H3,(H,19,20,21). The molecule has 0 spiro atoms. The number of aromatic nitrogens is 2. The fourth-order valence-corrected chi connectivity index (χ4v) is 2.46. The quantitative estimate of drug-likeness (QED) is 0.775. The first-order chi connectivity index (χ1) is 10.1. The second kappa shape index (κ2) is 5.54. The van der Waals surface area contributed by atoms with Crippen molar-refractivity contribution >= 4 is 11.6 Å². The van der Waals surface area contributed by atoms with Gasteiger partial charge in [0, 0.05) is 22.2 Å². The summed E-state index contributed by atoms with van der Waals surface area (Å²) in [4.78, 5) is 19.3. The number of hydrogen-bond donors (Lipinski definition) is 1. The Morgan fingerprint density at radius 1 is 1.05 bits per heavy atom. The van der Waals surface area contributed by atoms with Crippen molar-refractivity contribution in [3.05, 3.63) is 75.5 Å². The number of benzene rings is 2. The number of aryl methyl sites for hydroxylation is 1. The number of H-pyrrole nitrogens is 1. The first-order valence-electron chi connectivity index (χ1n) is 6.57. The zero-order valence-corrected chi connectivity index (χ0v) is 12.2. The Kier molecular flexibility index (Phi) is 3.59. The third-order valence-electron chi connectivity index (χ3n) is 3.25. The van der Waals surface area contributed by atoms with Crippen LogP contribution < -0.4 is 5.56 Å². The van der Waals surface area contributed by atoms with Gasteiger partial charge in [-0.1, -0.05) is 41.9 Å². The van der Waals surface area contributed by atoms with E-state index in [2.05, 4.69) is 9.97 Å². The number of halogens is 1. The maximum absolute atomic E-state index is 11.9. The Hall–Kier alpha value is -2.39. The molecule has 0 aliphatic rings. The maximum Gasteiger partial charge on any atom is 0.251 e. The molecule has 0 atom stereocenters. The molecule has 3 aromatic rings. The molecular weight excluding hydrogens is 284 g/mol. The monoisotopic (exact) mass is 296 g/mol. The number of nitrogens with zero attached hydrogens (tertiary/aromatic N) is 1. The van der Waals surface area contributed by atoms with Crippen LogP contribution in [0.15, 0.2) is 59.4 Å². The van der Waals surface area contributed by atoms with E-state index < -0.39 is 0 Å². The summed E-state index contributed by atoms with van der Waals surface area (Å²) in [5, 5.41) is 0.665. The van der Waals surface area contributed by atoms with Crippen LogP contribution in [0.1, 0.15) is 5.56 Å². The van der Waals surface area contributed by atoms with E-state index in [1.807, 2.05) is 49.4 Å². The topological polar surface area (TPSA) is 45.8 Å². The molecule has 1 aromatic heterocycles. The molecule has 2 aromatic carbocycles. The molecule has 0 aliphatic carbocycles. The van der Waals surface area contributed by atoms with Crippen LogP contribution in [-0.4, -0.2) is 9.97 Å². The summed E-state index contributed by atoms with van der Waals surface area (Å²) >= 11 is 5.97. The third kappa shape index (κ3) is 2.88. The fraction of sp³-hybridized carbons (Fsp3) is 0.0588. The van der Waals surface area contributed by atoms with Crippen LogP contribution in [0.3, 0.4) is 0 Å². The Labute approximate surface area is 127 Å². The van der Waals surface area contributed by atoms with E-state index in [9.17, 15) is 4.79 Å². The minimum absolute atomic E-state index is 0.173. The van der Waals surface area contributed by atoms with Crippen molar-refractivity contribution in [3.63, 3.8) is 0 Å². The predicted molar refractivity (Wildman–Crippen MR) is 85.5 cm³/mol. The first kappa shape index (κ1) is 13.6. The van der Waals surface area contributed by atoms with Crippen molar-refractivity contribution < 1.29 is 0 Å². The van der Waals surface area contributed by atoms with Crippen LogP contribution >= 0.6 is 11.6 Å². The smallest absolute Gasteiger partial charge is 0.251 e. The highest BCUT2D eigenvalue weighted by Crippen LogP contribution is 2.24. The Morgan fingerprint density at radius 3 is 2.52 bits per heavy atom. The second-order valence-corrected chi connectivity index (χ2v) is 5.24. The van der Waals surface area contributed by atoms with Crippen LogP contribution in [0.2, 0.25) is 5.02 Å². The van der Waals surface area contributed by atoms with Gasteiger partial charge in [0.15, 0.2) is 0 Å². The van der Waals surface area contributed by atoms with E-state index in [1.165, 1.54) is 6.07 Å². The van der Waals surface area contributed by atoms with Gasteiger partial charge >= 0.3 is 0 Å². The molecule has 3 nitrogen and oxygen atoms in total. The predicted octanol–water partition coefficient (Wildman–Crippen LogP) is 4.07. The summed E-state index contributed by atoms with van der Waals surface area (Å²) in [6.45, 7) is 1.94. The average molecular weight is 297 g/mol. The van der Waals surface area contributed by atoms with Gasteiger partial charge in [0.05, 0.1) is 5.69 Å². The summed E-state index contributed by atoms with van der Waals surface area (Å²) < 4.78 is 0. The molecule has 0 unspecified atom stereocenters. The second-order valence-electron chi connectivity index (χ2n) is 4.80. The molecule has 0 radical (unpaired) electrons. The Balaban J connectivity index is 2.16. The SMILES string of the molecule is Cc1cc(Cl)ccc1-c1nc(-c2ccccc2)cc(=O)[nH]1. The first-order valence-corrected chi connectivity index (χ1v) is 6.94. The van der Waals surface area contributed by atoms with Crippen molar-refractivity contribution in [3.8, 4) is 22.6 Å². The number of nitrogens with one attached hydrogen (secondary N) is 1. The highest BCUT2D eigenvalue weighted by atomic mass is 35.5. The molecule has 0 saturated heterocycles. The molecule has 0 bridgehead atoms.